The molecule has 0 aromatic heterocycles. The second-order valence-corrected chi connectivity index (χ2v) is 6.68. The van der Waals surface area contributed by atoms with E-state index in [9.17, 15) is 0 Å². The zero-order valence-corrected chi connectivity index (χ0v) is 22.8. The quantitative estimate of drug-likeness (QED) is 0.125. The van der Waals surface area contributed by atoms with E-state index in [0.29, 0.717) is 28.7 Å². The summed E-state index contributed by atoms with van der Waals surface area (Å²) in [6.07, 6.45) is 0. The van der Waals surface area contributed by atoms with Gasteiger partial charge in [-0.15, -0.1) is 0 Å². The zero-order chi connectivity index (χ0) is 25.6. The molecule has 0 amide bonds. The molecule has 0 unspecified atom stereocenters. The fourth-order valence-corrected chi connectivity index (χ4v) is 2.14. The maximum absolute atomic E-state index is 8.63. The van der Waals surface area contributed by atoms with Crippen LogP contribution in [0.15, 0.2) is 152 Å². The van der Waals surface area contributed by atoms with Crippen molar-refractivity contribution in [2.24, 2.45) is 0 Å². The van der Waals surface area contributed by atoms with Crippen LogP contribution in [-0.4, -0.2) is 25.5 Å². The molecule has 36 heavy (non-hydrogen) atoms. The van der Waals surface area contributed by atoms with Crippen LogP contribution in [0.25, 0.3) is 0 Å². The minimum atomic E-state index is 0. The number of phenolic OH excluding ortho intramolecular Hbond substituents is 5. The van der Waals surface area contributed by atoms with Gasteiger partial charge in [-0.1, -0.05) is 91.0 Å². The third-order valence-corrected chi connectivity index (χ3v) is 3.78. The Morgan fingerprint density at radius 1 is 0.222 bits per heavy atom. The number of hydrogen-bond donors (Lipinski definition) is 5. The van der Waals surface area contributed by atoms with E-state index in [1.54, 1.807) is 121 Å². The molecule has 0 aliphatic rings. The van der Waals surface area contributed by atoms with Gasteiger partial charge in [0.15, 0.2) is 0 Å². The Bertz CT molecular complexity index is 895. The smallest absolute Gasteiger partial charge is 0.115 e. The molecule has 6 heteroatoms. The molecule has 1 radical (unpaired) electrons. The molecule has 0 aliphatic carbocycles. The number of phenols is 5. The number of benzene rings is 5. The summed E-state index contributed by atoms with van der Waals surface area (Å²) < 4.78 is 0. The molecular weight excluding hydrogens is 621 g/mol. The molecule has 5 aromatic rings. The first kappa shape index (κ1) is 31.8. The van der Waals surface area contributed by atoms with E-state index in [2.05, 4.69) is 0 Å². The molecule has 0 spiro atoms. The predicted octanol–water partition coefficient (Wildman–Crippen LogP) is 6.96. The predicted molar refractivity (Wildman–Crippen MR) is 141 cm³/mol. The number of aromatic hydroxyl groups is 5. The monoisotopic (exact) mass is 651 g/mol. The molecule has 5 aromatic carbocycles. The molecule has 0 aliphatic heterocycles. The van der Waals surface area contributed by atoms with E-state index in [-0.39, 0.29) is 22.4 Å². The third-order valence-electron chi connectivity index (χ3n) is 3.78. The van der Waals surface area contributed by atoms with Gasteiger partial charge in [-0.2, -0.15) is 0 Å². The summed E-state index contributed by atoms with van der Waals surface area (Å²) in [6, 6.07) is 43.6. The van der Waals surface area contributed by atoms with E-state index in [0.717, 1.165) is 0 Å². The molecule has 0 atom stereocenters. The third kappa shape index (κ3) is 19.3. The van der Waals surface area contributed by atoms with Crippen LogP contribution in [0.1, 0.15) is 0 Å². The van der Waals surface area contributed by atoms with Gasteiger partial charge in [0.2, 0.25) is 0 Å². The van der Waals surface area contributed by atoms with E-state index >= 15 is 0 Å². The van der Waals surface area contributed by atoms with Gasteiger partial charge < -0.3 is 25.5 Å². The van der Waals surface area contributed by atoms with Gasteiger partial charge in [-0.3, -0.25) is 0 Å². The Hall–Kier alpha value is -4.16. The van der Waals surface area contributed by atoms with Crippen molar-refractivity contribution < 1.29 is 47.9 Å². The summed E-state index contributed by atoms with van der Waals surface area (Å²) in [6.45, 7) is 0. The molecule has 0 heterocycles. The van der Waals surface area contributed by atoms with Gasteiger partial charge in [0.1, 0.15) is 28.7 Å². The number of rotatable bonds is 0. The minimum Gasteiger partial charge on any atom is -0.508 e. The first-order chi connectivity index (χ1) is 17.0. The maximum Gasteiger partial charge on any atom is 0.115 e. The molecule has 5 N–H and O–H groups in total. The summed E-state index contributed by atoms with van der Waals surface area (Å²) in [5.41, 5.74) is 0. The SMILES string of the molecule is Oc1ccccc1.Oc1ccccc1.Oc1ccccc1.Oc1ccccc1.Oc1ccccc1.[Ta]. The van der Waals surface area contributed by atoms with Crippen LogP contribution in [0.2, 0.25) is 0 Å². The summed E-state index contributed by atoms with van der Waals surface area (Å²) in [5, 5.41) is 43.2. The standard InChI is InChI=1S/5C6H6O.Ta/c5*7-6-4-2-1-3-5-6;/h5*1-5,7H;. The van der Waals surface area contributed by atoms with Crippen molar-refractivity contribution in [2.45, 2.75) is 0 Å². The fourth-order valence-electron chi connectivity index (χ4n) is 2.14. The minimum absolute atomic E-state index is 0. The van der Waals surface area contributed by atoms with Gasteiger partial charge >= 0.3 is 0 Å². The van der Waals surface area contributed by atoms with Crippen LogP contribution in [0.3, 0.4) is 0 Å². The van der Waals surface area contributed by atoms with Crippen LogP contribution in [0, 0.1) is 0 Å². The van der Waals surface area contributed by atoms with E-state index < -0.39 is 0 Å². The topological polar surface area (TPSA) is 101 Å². The van der Waals surface area contributed by atoms with Crippen LogP contribution < -0.4 is 0 Å². The zero-order valence-electron chi connectivity index (χ0n) is 19.6. The Morgan fingerprint density at radius 2 is 0.333 bits per heavy atom. The summed E-state index contributed by atoms with van der Waals surface area (Å²) >= 11 is 0. The Labute approximate surface area is 227 Å². The Morgan fingerprint density at radius 3 is 0.389 bits per heavy atom. The second-order valence-electron chi connectivity index (χ2n) is 6.68. The molecule has 0 bridgehead atoms. The maximum atomic E-state index is 8.63. The van der Waals surface area contributed by atoms with Crippen molar-refractivity contribution in [2.75, 3.05) is 0 Å². The average molecular weight is 652 g/mol. The van der Waals surface area contributed by atoms with Crippen LogP contribution in [-0.2, 0) is 22.4 Å². The summed E-state index contributed by atoms with van der Waals surface area (Å²) in [7, 11) is 0. The number of hydrogen-bond acceptors (Lipinski definition) is 5. The molecule has 5 nitrogen and oxygen atoms in total. The molecule has 5 rings (SSSR count). The Kier molecular flexibility index (Phi) is 18.9. The second kappa shape index (κ2) is 21.4. The van der Waals surface area contributed by atoms with Crippen molar-refractivity contribution in [3.8, 4) is 28.7 Å². The van der Waals surface area contributed by atoms with Crippen molar-refractivity contribution in [3.05, 3.63) is 152 Å². The molecule has 0 saturated carbocycles. The van der Waals surface area contributed by atoms with Crippen molar-refractivity contribution in [3.63, 3.8) is 0 Å². The molecule has 0 saturated heterocycles. The normalized spacial score (nSPS) is 8.33. The van der Waals surface area contributed by atoms with Crippen LogP contribution in [0.4, 0.5) is 0 Å². The summed E-state index contributed by atoms with van der Waals surface area (Å²) in [4.78, 5) is 0. The van der Waals surface area contributed by atoms with Crippen LogP contribution in [0.5, 0.6) is 28.7 Å². The van der Waals surface area contributed by atoms with E-state index in [4.69, 9.17) is 25.5 Å². The van der Waals surface area contributed by atoms with Gasteiger partial charge in [-0.05, 0) is 60.7 Å². The molecular formula is C30H30O5Ta. The summed E-state index contributed by atoms with van der Waals surface area (Å²) in [5.74, 6) is 1.61. The van der Waals surface area contributed by atoms with Gasteiger partial charge in [-0.25, -0.2) is 0 Å². The largest absolute Gasteiger partial charge is 0.508 e. The number of para-hydroxylation sites is 5. The van der Waals surface area contributed by atoms with E-state index in [1.807, 2.05) is 30.3 Å². The fraction of sp³-hybridized carbons (Fsp3) is 0. The first-order valence-corrected chi connectivity index (χ1v) is 10.7. The van der Waals surface area contributed by atoms with Crippen molar-refractivity contribution >= 4 is 0 Å². The van der Waals surface area contributed by atoms with Crippen molar-refractivity contribution in [1.29, 1.82) is 0 Å². The average Bonchev–Trinajstić information content (AvgIpc) is 2.88. The van der Waals surface area contributed by atoms with Gasteiger partial charge in [0.05, 0.1) is 0 Å². The Balaban J connectivity index is 0.000000422. The van der Waals surface area contributed by atoms with E-state index in [1.165, 1.54) is 0 Å². The molecule has 185 valence electrons. The van der Waals surface area contributed by atoms with Gasteiger partial charge in [0, 0.05) is 22.4 Å². The van der Waals surface area contributed by atoms with Crippen LogP contribution >= 0.6 is 0 Å². The van der Waals surface area contributed by atoms with Crippen molar-refractivity contribution in [1.82, 2.24) is 0 Å². The first-order valence-electron chi connectivity index (χ1n) is 10.7. The van der Waals surface area contributed by atoms with Gasteiger partial charge in [0.25, 0.3) is 0 Å². The molecule has 0 fully saturated rings.